The molecule has 0 spiro atoms. The third-order valence-corrected chi connectivity index (χ3v) is 5.03. The Kier molecular flexibility index (Phi) is 6.14. The van der Waals surface area contributed by atoms with Crippen LogP contribution in [-0.4, -0.2) is 46.0 Å². The molecule has 1 fully saturated rings. The first-order valence-corrected chi connectivity index (χ1v) is 9.89. The van der Waals surface area contributed by atoms with E-state index in [1.54, 1.807) is 31.8 Å². The molecule has 3 aromatic rings. The number of amides is 1. The number of ether oxygens (including phenoxy) is 1. The van der Waals surface area contributed by atoms with Gasteiger partial charge in [0.25, 0.3) is 0 Å². The Hall–Kier alpha value is -3.52. The number of hydrogen-bond acceptors (Lipinski definition) is 7. The minimum atomic E-state index is -0.0356. The number of likely N-dealkylation sites (tertiary alicyclic amines) is 1. The van der Waals surface area contributed by atoms with Crippen molar-refractivity contribution in [2.45, 2.75) is 18.9 Å². The predicted octanol–water partition coefficient (Wildman–Crippen LogP) is 3.40. The Morgan fingerprint density at radius 3 is 2.57 bits per heavy atom. The quantitative estimate of drug-likeness (QED) is 0.623. The maximum absolute atomic E-state index is 12.5. The molecule has 0 radical (unpaired) electrons. The largest absolute Gasteiger partial charge is 0.497 e. The van der Waals surface area contributed by atoms with Crippen LogP contribution < -0.4 is 15.4 Å². The molecule has 2 aromatic heterocycles. The van der Waals surface area contributed by atoms with Crippen LogP contribution >= 0.6 is 0 Å². The molecule has 2 N–H and O–H groups in total. The molecule has 8 heteroatoms. The zero-order valence-electron chi connectivity index (χ0n) is 16.8. The minimum absolute atomic E-state index is 0.0356. The average molecular weight is 404 g/mol. The Morgan fingerprint density at radius 2 is 1.87 bits per heavy atom. The van der Waals surface area contributed by atoms with Crippen molar-refractivity contribution in [3.8, 4) is 5.75 Å². The van der Waals surface area contributed by atoms with Crippen molar-refractivity contribution in [3.63, 3.8) is 0 Å². The second kappa shape index (κ2) is 9.32. The van der Waals surface area contributed by atoms with Gasteiger partial charge < -0.3 is 15.4 Å². The van der Waals surface area contributed by atoms with E-state index in [1.807, 2.05) is 36.4 Å². The monoisotopic (exact) mass is 404 g/mol. The Morgan fingerprint density at radius 1 is 1.10 bits per heavy atom. The summed E-state index contributed by atoms with van der Waals surface area (Å²) in [5.41, 5.74) is 2.55. The first-order chi connectivity index (χ1) is 14.7. The number of anilines is 3. The molecular formula is C22H24N6O2. The number of carbonyl (C=O) groups is 1. The number of hydrogen-bond donors (Lipinski definition) is 2. The normalized spacial score (nSPS) is 16.2. The van der Waals surface area contributed by atoms with Crippen molar-refractivity contribution in [2.75, 3.05) is 30.8 Å². The number of methoxy groups -OCH3 is 1. The summed E-state index contributed by atoms with van der Waals surface area (Å²) in [6, 6.07) is 13.2. The SMILES string of the molecule is COc1ccc(NC(=O)CN2CCC[C@@H]2c2ccc(Nc3ncccn3)cn2)cc1. The molecule has 1 aliphatic rings. The molecule has 1 amide bonds. The lowest BCUT2D eigenvalue weighted by Crippen LogP contribution is -2.33. The van der Waals surface area contributed by atoms with Crippen molar-refractivity contribution >= 4 is 23.2 Å². The van der Waals surface area contributed by atoms with Crippen LogP contribution in [-0.2, 0) is 4.79 Å². The van der Waals surface area contributed by atoms with E-state index in [1.165, 1.54) is 0 Å². The average Bonchev–Trinajstić information content (AvgIpc) is 3.23. The first kappa shape index (κ1) is 19.8. The molecule has 0 unspecified atom stereocenters. The van der Waals surface area contributed by atoms with Crippen LogP contribution in [0.25, 0.3) is 0 Å². The molecule has 1 aromatic carbocycles. The maximum Gasteiger partial charge on any atom is 0.238 e. The van der Waals surface area contributed by atoms with Crippen LogP contribution in [0.1, 0.15) is 24.6 Å². The van der Waals surface area contributed by atoms with E-state index in [-0.39, 0.29) is 11.9 Å². The van der Waals surface area contributed by atoms with Gasteiger partial charge in [-0.3, -0.25) is 14.7 Å². The summed E-state index contributed by atoms with van der Waals surface area (Å²) < 4.78 is 5.15. The van der Waals surface area contributed by atoms with Crippen LogP contribution in [0.15, 0.2) is 61.1 Å². The van der Waals surface area contributed by atoms with Gasteiger partial charge in [-0.2, -0.15) is 0 Å². The third-order valence-electron chi connectivity index (χ3n) is 5.03. The second-order valence-corrected chi connectivity index (χ2v) is 7.07. The van der Waals surface area contributed by atoms with Crippen LogP contribution in [0.3, 0.4) is 0 Å². The van der Waals surface area contributed by atoms with Gasteiger partial charge in [0.1, 0.15) is 5.75 Å². The number of benzene rings is 1. The lowest BCUT2D eigenvalue weighted by Gasteiger charge is -2.23. The summed E-state index contributed by atoms with van der Waals surface area (Å²) in [4.78, 5) is 27.6. The topological polar surface area (TPSA) is 92.3 Å². The highest BCUT2D eigenvalue weighted by Gasteiger charge is 2.28. The number of nitrogens with one attached hydrogen (secondary N) is 2. The highest BCUT2D eigenvalue weighted by molar-refractivity contribution is 5.92. The van der Waals surface area contributed by atoms with Gasteiger partial charge in [0.2, 0.25) is 11.9 Å². The Bertz CT molecular complexity index is 963. The molecule has 1 atom stereocenters. The highest BCUT2D eigenvalue weighted by Crippen LogP contribution is 2.31. The van der Waals surface area contributed by atoms with Gasteiger partial charge in [0.15, 0.2) is 0 Å². The first-order valence-electron chi connectivity index (χ1n) is 9.89. The summed E-state index contributed by atoms with van der Waals surface area (Å²) >= 11 is 0. The van der Waals surface area contributed by atoms with Gasteiger partial charge in [-0.05, 0) is 61.9 Å². The van der Waals surface area contributed by atoms with Gasteiger partial charge in [0.05, 0.1) is 37.3 Å². The zero-order chi connectivity index (χ0) is 20.8. The van der Waals surface area contributed by atoms with Crippen LogP contribution in [0.2, 0.25) is 0 Å². The fraction of sp³-hybridized carbons (Fsp3) is 0.273. The molecule has 154 valence electrons. The predicted molar refractivity (Wildman–Crippen MR) is 115 cm³/mol. The van der Waals surface area contributed by atoms with Crippen molar-refractivity contribution in [1.82, 2.24) is 19.9 Å². The fourth-order valence-corrected chi connectivity index (χ4v) is 3.58. The van der Waals surface area contributed by atoms with Crippen molar-refractivity contribution in [1.29, 1.82) is 0 Å². The van der Waals surface area contributed by atoms with E-state index >= 15 is 0 Å². The van der Waals surface area contributed by atoms with Gasteiger partial charge in [-0.1, -0.05) is 0 Å². The number of nitrogens with zero attached hydrogens (tertiary/aromatic N) is 4. The fourth-order valence-electron chi connectivity index (χ4n) is 3.58. The number of aromatic nitrogens is 3. The van der Waals surface area contributed by atoms with Gasteiger partial charge in [-0.25, -0.2) is 9.97 Å². The van der Waals surface area contributed by atoms with E-state index in [9.17, 15) is 4.79 Å². The molecule has 0 saturated carbocycles. The summed E-state index contributed by atoms with van der Waals surface area (Å²) in [7, 11) is 1.62. The zero-order valence-corrected chi connectivity index (χ0v) is 16.8. The van der Waals surface area contributed by atoms with E-state index in [0.717, 1.165) is 42.2 Å². The van der Waals surface area contributed by atoms with Crippen molar-refractivity contribution in [2.24, 2.45) is 0 Å². The number of carbonyl (C=O) groups excluding carboxylic acids is 1. The van der Waals surface area contributed by atoms with Gasteiger partial charge in [-0.15, -0.1) is 0 Å². The van der Waals surface area contributed by atoms with E-state index in [0.29, 0.717) is 12.5 Å². The van der Waals surface area contributed by atoms with E-state index in [4.69, 9.17) is 4.74 Å². The Balaban J connectivity index is 1.36. The molecule has 0 bridgehead atoms. The second-order valence-electron chi connectivity index (χ2n) is 7.07. The summed E-state index contributed by atoms with van der Waals surface area (Å²) in [6.07, 6.45) is 7.17. The molecule has 8 nitrogen and oxygen atoms in total. The van der Waals surface area contributed by atoms with Crippen LogP contribution in [0, 0.1) is 0 Å². The molecule has 1 aliphatic heterocycles. The third kappa shape index (κ3) is 4.90. The molecule has 3 heterocycles. The summed E-state index contributed by atoms with van der Waals surface area (Å²) in [5, 5.41) is 6.08. The lowest BCUT2D eigenvalue weighted by molar-refractivity contribution is -0.117. The minimum Gasteiger partial charge on any atom is -0.497 e. The van der Waals surface area contributed by atoms with Gasteiger partial charge in [0, 0.05) is 18.1 Å². The Labute approximate surface area is 175 Å². The van der Waals surface area contributed by atoms with Crippen LogP contribution in [0.4, 0.5) is 17.3 Å². The smallest absolute Gasteiger partial charge is 0.238 e. The van der Waals surface area contributed by atoms with E-state index < -0.39 is 0 Å². The highest BCUT2D eigenvalue weighted by atomic mass is 16.5. The van der Waals surface area contributed by atoms with Crippen LogP contribution in [0.5, 0.6) is 5.75 Å². The molecule has 30 heavy (non-hydrogen) atoms. The van der Waals surface area contributed by atoms with Crippen molar-refractivity contribution in [3.05, 3.63) is 66.7 Å². The summed E-state index contributed by atoms with van der Waals surface area (Å²) in [5.74, 6) is 1.26. The van der Waals surface area contributed by atoms with Crippen molar-refractivity contribution < 1.29 is 9.53 Å². The number of rotatable bonds is 7. The van der Waals surface area contributed by atoms with Gasteiger partial charge >= 0.3 is 0 Å². The lowest BCUT2D eigenvalue weighted by atomic mass is 10.1. The molecular weight excluding hydrogens is 380 g/mol. The molecule has 1 saturated heterocycles. The number of pyridine rings is 1. The molecule has 4 rings (SSSR count). The standard InChI is InChI=1S/C22H24N6O2/c1-30-18-8-5-16(6-9-18)26-21(29)15-28-13-2-4-20(28)19-10-7-17(14-25-19)27-22-23-11-3-12-24-22/h3,5-12,14,20H,2,4,13,15H2,1H3,(H,26,29)(H,23,24,27)/t20-/m1/s1. The van der Waals surface area contributed by atoms with E-state index in [2.05, 4.69) is 30.5 Å². The maximum atomic E-state index is 12.5. The summed E-state index contributed by atoms with van der Waals surface area (Å²) in [6.45, 7) is 1.20. The molecule has 0 aliphatic carbocycles.